The Bertz CT molecular complexity index is 805. The van der Waals surface area contributed by atoms with Gasteiger partial charge in [-0.25, -0.2) is 22.8 Å². The molecule has 2 aliphatic rings. The Morgan fingerprint density at radius 1 is 1.37 bits per heavy atom. The molecular weight excluding hydrogens is 410 g/mol. The lowest BCUT2D eigenvalue weighted by Crippen LogP contribution is -2.48. The van der Waals surface area contributed by atoms with Crippen LogP contribution >= 0.6 is 0 Å². The van der Waals surface area contributed by atoms with Gasteiger partial charge in [0.15, 0.2) is 11.8 Å². The first-order valence-corrected chi connectivity index (χ1v) is 12.1. The number of aliphatic imine (C=N–C) groups is 1. The van der Waals surface area contributed by atoms with Gasteiger partial charge in [-0.15, -0.1) is 0 Å². The van der Waals surface area contributed by atoms with Crippen molar-refractivity contribution in [2.45, 2.75) is 57.4 Å². The van der Waals surface area contributed by atoms with Crippen molar-refractivity contribution >= 4 is 16.0 Å². The Morgan fingerprint density at radius 2 is 2.23 bits per heavy atom. The van der Waals surface area contributed by atoms with Crippen LogP contribution in [0, 0.1) is 0 Å². The fourth-order valence-electron chi connectivity index (χ4n) is 3.62. The molecule has 3 heterocycles. The fourth-order valence-corrected chi connectivity index (χ4v) is 4.58. The molecule has 3 N–H and O–H groups in total. The predicted octanol–water partition coefficient (Wildman–Crippen LogP) is -0.607. The standard InChI is InChI=1S/C18H33N7O4S/c1-19-18(20-8-10-30(26,27)21-11-15-5-3-4-9-29-15)22-14-6-7-17-23-16(13-28-2)24-25(17)12-14/h14-15,21H,3-13H2,1-2H3,(H2,19,20,22). The number of methoxy groups -OCH3 is 1. The second-order valence-corrected chi connectivity index (χ2v) is 9.52. The number of aryl methyl sites for hydroxylation is 1. The molecule has 0 spiro atoms. The molecular formula is C18H33N7O4S. The number of fused-ring (bicyclic) bond motifs is 1. The van der Waals surface area contributed by atoms with Gasteiger partial charge in [-0.05, 0) is 25.7 Å². The molecule has 0 amide bonds. The average Bonchev–Trinajstić information content (AvgIpc) is 3.14. The lowest BCUT2D eigenvalue weighted by molar-refractivity contribution is 0.0200. The van der Waals surface area contributed by atoms with Crippen molar-refractivity contribution in [3.63, 3.8) is 0 Å². The van der Waals surface area contributed by atoms with Gasteiger partial charge in [0.05, 0.1) is 18.4 Å². The zero-order valence-electron chi connectivity index (χ0n) is 17.8. The molecule has 11 nitrogen and oxygen atoms in total. The van der Waals surface area contributed by atoms with Crippen LogP contribution in [0.4, 0.5) is 0 Å². The van der Waals surface area contributed by atoms with Crippen molar-refractivity contribution in [2.75, 3.05) is 39.6 Å². The summed E-state index contributed by atoms with van der Waals surface area (Å²) in [5, 5.41) is 10.9. The van der Waals surface area contributed by atoms with E-state index in [1.807, 2.05) is 4.68 Å². The Labute approximate surface area is 178 Å². The first kappa shape index (κ1) is 22.9. The number of guanidine groups is 1. The lowest BCUT2D eigenvalue weighted by atomic mass is 10.1. The van der Waals surface area contributed by atoms with Crippen LogP contribution in [0.1, 0.15) is 37.3 Å². The summed E-state index contributed by atoms with van der Waals surface area (Å²) < 4.78 is 39.7. The van der Waals surface area contributed by atoms with E-state index < -0.39 is 10.0 Å². The van der Waals surface area contributed by atoms with Crippen LogP contribution in [-0.4, -0.2) is 80.9 Å². The minimum atomic E-state index is -3.37. The Kier molecular flexibility index (Phi) is 8.42. The van der Waals surface area contributed by atoms with Gasteiger partial charge in [-0.1, -0.05) is 0 Å². The fraction of sp³-hybridized carbons (Fsp3) is 0.833. The molecule has 0 saturated carbocycles. The van der Waals surface area contributed by atoms with Gasteiger partial charge in [0.1, 0.15) is 12.4 Å². The molecule has 12 heteroatoms. The summed E-state index contributed by atoms with van der Waals surface area (Å²) in [5.74, 6) is 2.19. The van der Waals surface area contributed by atoms with E-state index in [2.05, 4.69) is 30.4 Å². The number of nitrogens with zero attached hydrogens (tertiary/aromatic N) is 4. The monoisotopic (exact) mass is 443 g/mol. The molecule has 1 aromatic rings. The van der Waals surface area contributed by atoms with Crippen LogP contribution in [-0.2, 0) is 39.1 Å². The molecule has 1 saturated heterocycles. The molecule has 2 unspecified atom stereocenters. The maximum atomic E-state index is 12.2. The van der Waals surface area contributed by atoms with Gasteiger partial charge in [0.25, 0.3) is 0 Å². The molecule has 2 aliphatic heterocycles. The van der Waals surface area contributed by atoms with Crippen LogP contribution in [0.5, 0.6) is 0 Å². The SMILES string of the molecule is CN=C(NCCS(=O)(=O)NCC1CCCCO1)NC1CCc2nc(COC)nn2C1. The summed E-state index contributed by atoms with van der Waals surface area (Å²) in [6, 6.07) is 0.138. The van der Waals surface area contributed by atoms with Crippen molar-refractivity contribution in [1.82, 2.24) is 30.1 Å². The Morgan fingerprint density at radius 3 is 2.97 bits per heavy atom. The van der Waals surface area contributed by atoms with Gasteiger partial charge in [0.2, 0.25) is 10.0 Å². The highest BCUT2D eigenvalue weighted by molar-refractivity contribution is 7.89. The summed E-state index contributed by atoms with van der Waals surface area (Å²) in [5.41, 5.74) is 0. The Hall–Kier alpha value is -1.76. The predicted molar refractivity (Wildman–Crippen MR) is 113 cm³/mol. The molecule has 0 aliphatic carbocycles. The van der Waals surface area contributed by atoms with Crippen molar-refractivity contribution in [2.24, 2.45) is 4.99 Å². The third kappa shape index (κ3) is 6.89. The maximum absolute atomic E-state index is 12.2. The summed E-state index contributed by atoms with van der Waals surface area (Å²) in [4.78, 5) is 8.68. The van der Waals surface area contributed by atoms with Gasteiger partial charge >= 0.3 is 0 Å². The summed E-state index contributed by atoms with van der Waals surface area (Å²) in [6.45, 7) is 2.38. The molecule has 3 rings (SSSR count). The number of nitrogens with one attached hydrogen (secondary N) is 3. The molecule has 30 heavy (non-hydrogen) atoms. The van der Waals surface area contributed by atoms with Crippen molar-refractivity contribution in [1.29, 1.82) is 0 Å². The number of rotatable bonds is 9. The maximum Gasteiger partial charge on any atom is 0.213 e. The third-order valence-electron chi connectivity index (χ3n) is 5.21. The number of ether oxygens (including phenoxy) is 2. The van der Waals surface area contributed by atoms with E-state index in [1.165, 1.54) is 0 Å². The van der Waals surface area contributed by atoms with Crippen molar-refractivity contribution < 1.29 is 17.9 Å². The molecule has 0 radical (unpaired) electrons. The van der Waals surface area contributed by atoms with Crippen LogP contribution in [0.3, 0.4) is 0 Å². The lowest BCUT2D eigenvalue weighted by Gasteiger charge is -2.25. The molecule has 0 aromatic carbocycles. The minimum absolute atomic E-state index is 0.0201. The Balaban J connectivity index is 1.40. The quantitative estimate of drug-likeness (QED) is 0.340. The van der Waals surface area contributed by atoms with Crippen LogP contribution in [0.25, 0.3) is 0 Å². The van der Waals surface area contributed by atoms with Crippen LogP contribution in [0.2, 0.25) is 0 Å². The minimum Gasteiger partial charge on any atom is -0.377 e. The largest absolute Gasteiger partial charge is 0.377 e. The van der Waals surface area contributed by atoms with Crippen LogP contribution < -0.4 is 15.4 Å². The zero-order valence-corrected chi connectivity index (χ0v) is 18.6. The molecule has 1 fully saturated rings. The van der Waals surface area contributed by atoms with E-state index >= 15 is 0 Å². The number of hydrogen-bond acceptors (Lipinski definition) is 7. The van der Waals surface area contributed by atoms with E-state index in [9.17, 15) is 8.42 Å². The van der Waals surface area contributed by atoms with E-state index in [4.69, 9.17) is 9.47 Å². The van der Waals surface area contributed by atoms with E-state index in [0.29, 0.717) is 38.1 Å². The summed E-state index contributed by atoms with van der Waals surface area (Å²) in [6.07, 6.45) is 4.72. The molecule has 170 valence electrons. The summed E-state index contributed by atoms with van der Waals surface area (Å²) >= 11 is 0. The van der Waals surface area contributed by atoms with Gasteiger partial charge < -0.3 is 20.1 Å². The zero-order chi connectivity index (χ0) is 21.4. The highest BCUT2D eigenvalue weighted by Gasteiger charge is 2.23. The highest BCUT2D eigenvalue weighted by atomic mass is 32.2. The smallest absolute Gasteiger partial charge is 0.213 e. The van der Waals surface area contributed by atoms with Crippen LogP contribution in [0.15, 0.2) is 4.99 Å². The van der Waals surface area contributed by atoms with E-state index in [-0.39, 0.29) is 24.4 Å². The number of hydrogen-bond donors (Lipinski definition) is 3. The van der Waals surface area contributed by atoms with Gasteiger partial charge in [0, 0.05) is 46.3 Å². The second kappa shape index (κ2) is 11.0. The van der Waals surface area contributed by atoms with Gasteiger partial charge in [-0.2, -0.15) is 5.10 Å². The van der Waals surface area contributed by atoms with Gasteiger partial charge in [-0.3, -0.25) is 4.99 Å². The second-order valence-electron chi connectivity index (χ2n) is 7.59. The van der Waals surface area contributed by atoms with E-state index in [0.717, 1.165) is 37.9 Å². The molecule has 1 aromatic heterocycles. The topological polar surface area (TPSA) is 132 Å². The average molecular weight is 444 g/mol. The number of aromatic nitrogens is 3. The van der Waals surface area contributed by atoms with E-state index in [1.54, 1.807) is 14.2 Å². The molecule has 2 atom stereocenters. The summed E-state index contributed by atoms with van der Waals surface area (Å²) in [7, 11) is -0.0761. The highest BCUT2D eigenvalue weighted by Crippen LogP contribution is 2.14. The number of sulfonamides is 1. The molecule has 0 bridgehead atoms. The van der Waals surface area contributed by atoms with Crippen molar-refractivity contribution in [3.8, 4) is 0 Å². The third-order valence-corrected chi connectivity index (χ3v) is 6.56. The first-order valence-electron chi connectivity index (χ1n) is 10.5. The normalized spacial score (nSPS) is 22.5. The first-order chi connectivity index (χ1) is 14.5. The van der Waals surface area contributed by atoms with Crippen molar-refractivity contribution in [3.05, 3.63) is 11.6 Å².